The van der Waals surface area contributed by atoms with Gasteiger partial charge in [-0.05, 0) is 55.3 Å². The summed E-state index contributed by atoms with van der Waals surface area (Å²) >= 11 is 0. The van der Waals surface area contributed by atoms with Gasteiger partial charge < -0.3 is 20.1 Å². The van der Waals surface area contributed by atoms with Gasteiger partial charge in [-0.15, -0.1) is 0 Å². The quantitative estimate of drug-likeness (QED) is 0.524. The maximum Gasteiger partial charge on any atom is 0.255 e. The number of amides is 2. The van der Waals surface area contributed by atoms with Gasteiger partial charge in [0.2, 0.25) is 0 Å². The van der Waals surface area contributed by atoms with E-state index >= 15 is 0 Å². The van der Waals surface area contributed by atoms with Crippen LogP contribution in [-0.4, -0.2) is 38.7 Å². The van der Waals surface area contributed by atoms with E-state index in [0.717, 1.165) is 31.4 Å². The number of anilines is 1. The van der Waals surface area contributed by atoms with Gasteiger partial charge in [0.1, 0.15) is 5.75 Å². The first-order valence-electron chi connectivity index (χ1n) is 10.1. The smallest absolute Gasteiger partial charge is 0.255 e. The molecule has 6 nitrogen and oxygen atoms in total. The van der Waals surface area contributed by atoms with Crippen LogP contribution in [0.15, 0.2) is 48.5 Å². The van der Waals surface area contributed by atoms with Gasteiger partial charge >= 0.3 is 0 Å². The number of hydrogen-bond donors (Lipinski definition) is 2. The van der Waals surface area contributed by atoms with Crippen LogP contribution in [0.5, 0.6) is 5.75 Å². The second-order valence-corrected chi connectivity index (χ2v) is 6.72. The Hall–Kier alpha value is -2.86. The highest BCUT2D eigenvalue weighted by molar-refractivity contribution is 6.05. The molecular weight excluding hydrogens is 368 g/mol. The van der Waals surface area contributed by atoms with Crippen molar-refractivity contribution in [3.05, 3.63) is 59.7 Å². The molecule has 0 fully saturated rings. The van der Waals surface area contributed by atoms with Gasteiger partial charge in [-0.25, -0.2) is 0 Å². The van der Waals surface area contributed by atoms with Crippen molar-refractivity contribution in [2.24, 2.45) is 0 Å². The number of rotatable bonds is 12. The molecule has 0 saturated carbocycles. The van der Waals surface area contributed by atoms with Gasteiger partial charge in [0.15, 0.2) is 0 Å². The molecule has 0 radical (unpaired) electrons. The minimum absolute atomic E-state index is 0.179. The van der Waals surface area contributed by atoms with E-state index in [2.05, 4.69) is 17.6 Å². The highest BCUT2D eigenvalue weighted by Crippen LogP contribution is 2.16. The lowest BCUT2D eigenvalue weighted by Crippen LogP contribution is -2.25. The predicted octanol–water partition coefficient (Wildman–Crippen LogP) is 4.27. The van der Waals surface area contributed by atoms with Gasteiger partial charge in [0, 0.05) is 37.1 Å². The van der Waals surface area contributed by atoms with Crippen LogP contribution in [0.1, 0.15) is 53.3 Å². The zero-order valence-electron chi connectivity index (χ0n) is 17.2. The molecule has 2 amide bonds. The van der Waals surface area contributed by atoms with Crippen molar-refractivity contribution in [3.63, 3.8) is 0 Å². The molecule has 0 aliphatic heterocycles. The minimum atomic E-state index is -0.236. The van der Waals surface area contributed by atoms with Crippen molar-refractivity contribution in [2.45, 2.75) is 32.6 Å². The number of ether oxygens (including phenoxy) is 2. The molecule has 0 aromatic heterocycles. The number of carbonyl (C=O) groups excluding carboxylic acids is 2. The molecular formula is C23H30N2O4. The van der Waals surface area contributed by atoms with Crippen LogP contribution in [0, 0.1) is 0 Å². The Labute approximate surface area is 172 Å². The maximum atomic E-state index is 12.5. The predicted molar refractivity (Wildman–Crippen MR) is 115 cm³/mol. The van der Waals surface area contributed by atoms with Gasteiger partial charge in [0.05, 0.1) is 6.61 Å². The number of nitrogens with one attached hydrogen (secondary N) is 2. The largest absolute Gasteiger partial charge is 0.494 e. The lowest BCUT2D eigenvalue weighted by molar-refractivity contribution is 0.0947. The van der Waals surface area contributed by atoms with Crippen LogP contribution < -0.4 is 15.4 Å². The monoisotopic (exact) mass is 398 g/mol. The molecule has 0 heterocycles. The SMILES string of the molecule is CCCCCOc1ccc(C(=O)Nc2cccc(C(=O)NCCCOC)c2)cc1. The van der Waals surface area contributed by atoms with Gasteiger partial charge in [-0.1, -0.05) is 25.8 Å². The fourth-order valence-electron chi connectivity index (χ4n) is 2.71. The molecule has 2 rings (SSSR count). The number of methoxy groups -OCH3 is 1. The summed E-state index contributed by atoms with van der Waals surface area (Å²) in [5.74, 6) is 0.340. The lowest BCUT2D eigenvalue weighted by atomic mass is 10.1. The highest BCUT2D eigenvalue weighted by atomic mass is 16.5. The topological polar surface area (TPSA) is 76.7 Å². The van der Waals surface area contributed by atoms with E-state index in [1.165, 1.54) is 0 Å². The summed E-state index contributed by atoms with van der Waals surface area (Å²) < 4.78 is 10.6. The standard InChI is InChI=1S/C23H30N2O4/c1-3-4-5-16-29-21-12-10-18(11-13-21)23(27)25-20-9-6-8-19(17-20)22(26)24-14-7-15-28-2/h6,8-13,17H,3-5,7,14-16H2,1-2H3,(H,24,26)(H,25,27). The summed E-state index contributed by atoms with van der Waals surface area (Å²) in [5, 5.41) is 5.66. The Morgan fingerprint density at radius 2 is 1.69 bits per heavy atom. The Kier molecular flexibility index (Phi) is 9.72. The molecule has 0 aliphatic rings. The van der Waals surface area contributed by atoms with Crippen molar-refractivity contribution < 1.29 is 19.1 Å². The summed E-state index contributed by atoms with van der Waals surface area (Å²) in [7, 11) is 1.63. The number of hydrogen-bond acceptors (Lipinski definition) is 4. The van der Waals surface area contributed by atoms with Crippen LogP contribution in [0.2, 0.25) is 0 Å². The van der Waals surface area contributed by atoms with Crippen molar-refractivity contribution in [1.29, 1.82) is 0 Å². The molecule has 0 spiro atoms. The van der Waals surface area contributed by atoms with Crippen LogP contribution in [-0.2, 0) is 4.74 Å². The van der Waals surface area contributed by atoms with E-state index in [1.54, 1.807) is 55.6 Å². The van der Waals surface area contributed by atoms with Crippen molar-refractivity contribution in [2.75, 3.05) is 32.2 Å². The van der Waals surface area contributed by atoms with E-state index in [4.69, 9.17) is 9.47 Å². The average Bonchev–Trinajstić information content (AvgIpc) is 2.75. The molecule has 0 saturated heterocycles. The second-order valence-electron chi connectivity index (χ2n) is 6.72. The van der Waals surface area contributed by atoms with Crippen LogP contribution in [0.3, 0.4) is 0 Å². The fourth-order valence-corrected chi connectivity index (χ4v) is 2.71. The van der Waals surface area contributed by atoms with E-state index in [0.29, 0.717) is 36.6 Å². The van der Waals surface area contributed by atoms with Crippen molar-refractivity contribution in [3.8, 4) is 5.75 Å². The molecule has 0 unspecified atom stereocenters. The van der Waals surface area contributed by atoms with Crippen LogP contribution >= 0.6 is 0 Å². The number of benzene rings is 2. The van der Waals surface area contributed by atoms with Crippen molar-refractivity contribution >= 4 is 17.5 Å². The summed E-state index contributed by atoms with van der Waals surface area (Å²) in [6, 6.07) is 13.9. The third kappa shape index (κ3) is 7.95. The molecule has 2 aromatic carbocycles. The third-order valence-electron chi connectivity index (χ3n) is 4.33. The molecule has 6 heteroatoms. The highest BCUT2D eigenvalue weighted by Gasteiger charge is 2.09. The Morgan fingerprint density at radius 3 is 2.41 bits per heavy atom. The minimum Gasteiger partial charge on any atom is -0.494 e. The fraction of sp³-hybridized carbons (Fsp3) is 0.391. The first-order valence-corrected chi connectivity index (χ1v) is 10.1. The molecule has 29 heavy (non-hydrogen) atoms. The number of unbranched alkanes of at least 4 members (excludes halogenated alkanes) is 2. The summed E-state index contributed by atoms with van der Waals surface area (Å²) in [6.45, 7) is 3.97. The first kappa shape index (κ1) is 22.4. The summed E-state index contributed by atoms with van der Waals surface area (Å²) in [5.41, 5.74) is 1.59. The van der Waals surface area contributed by atoms with E-state index in [-0.39, 0.29) is 11.8 Å². The van der Waals surface area contributed by atoms with Gasteiger partial charge in [-0.2, -0.15) is 0 Å². The zero-order chi connectivity index (χ0) is 20.9. The number of carbonyl (C=O) groups is 2. The molecule has 0 aliphatic carbocycles. The zero-order valence-corrected chi connectivity index (χ0v) is 17.2. The average molecular weight is 399 g/mol. The molecule has 2 N–H and O–H groups in total. The third-order valence-corrected chi connectivity index (χ3v) is 4.33. The Morgan fingerprint density at radius 1 is 0.897 bits per heavy atom. The van der Waals surface area contributed by atoms with Crippen LogP contribution in [0.4, 0.5) is 5.69 Å². The van der Waals surface area contributed by atoms with E-state index < -0.39 is 0 Å². The Balaban J connectivity index is 1.89. The first-order chi connectivity index (χ1) is 14.1. The second kappa shape index (κ2) is 12.6. The summed E-state index contributed by atoms with van der Waals surface area (Å²) in [6.07, 6.45) is 4.07. The van der Waals surface area contributed by atoms with E-state index in [1.807, 2.05) is 0 Å². The summed E-state index contributed by atoms with van der Waals surface area (Å²) in [4.78, 5) is 24.7. The maximum absolute atomic E-state index is 12.5. The van der Waals surface area contributed by atoms with Gasteiger partial charge in [-0.3, -0.25) is 9.59 Å². The molecule has 0 atom stereocenters. The normalized spacial score (nSPS) is 10.4. The molecule has 2 aromatic rings. The lowest BCUT2D eigenvalue weighted by Gasteiger charge is -2.09. The Bertz CT molecular complexity index is 775. The van der Waals surface area contributed by atoms with E-state index in [9.17, 15) is 9.59 Å². The van der Waals surface area contributed by atoms with Gasteiger partial charge in [0.25, 0.3) is 11.8 Å². The molecule has 0 bridgehead atoms. The van der Waals surface area contributed by atoms with Crippen LogP contribution in [0.25, 0.3) is 0 Å². The van der Waals surface area contributed by atoms with Crippen molar-refractivity contribution in [1.82, 2.24) is 5.32 Å². The molecule has 156 valence electrons.